The molecule has 0 rings (SSSR count). The van der Waals surface area contributed by atoms with Gasteiger partial charge < -0.3 is 25.5 Å². The third-order valence-corrected chi connectivity index (χ3v) is 1.98. The summed E-state index contributed by atoms with van der Waals surface area (Å²) in [5, 5.41) is 45.4. The van der Waals surface area contributed by atoms with Gasteiger partial charge in [-0.2, -0.15) is 0 Å². The van der Waals surface area contributed by atoms with E-state index < -0.39 is 43.2 Å². The minimum absolute atomic E-state index is 0.318. The van der Waals surface area contributed by atoms with Crippen LogP contribution in [-0.4, -0.2) is 68.1 Å². The van der Waals surface area contributed by atoms with E-state index in [4.69, 9.17) is 11.6 Å². The number of carbonyl (C=O) groups is 2. The minimum atomic E-state index is -2.96. The maximum absolute atomic E-state index is 11.0. The normalized spacial score (nSPS) is 22.1. The molecule has 0 bridgehead atoms. The van der Waals surface area contributed by atoms with Crippen LogP contribution in [0, 0.1) is 0 Å². The van der Waals surface area contributed by atoms with E-state index in [2.05, 4.69) is 0 Å². The number of aliphatic hydroxyl groups is 5. The minimum Gasteiger partial charge on any atom is -0.394 e. The molecule has 0 aliphatic carbocycles. The third-order valence-electron chi connectivity index (χ3n) is 1.98. The average Bonchev–Trinajstić information content (AvgIpc) is 2.33. The van der Waals surface area contributed by atoms with Crippen LogP contribution in [0.3, 0.4) is 0 Å². The molecule has 0 radical (unpaired) electrons. The Hall–Kier alpha value is -0.860. The Labute approximate surface area is 87.0 Å². The number of hydrogen-bond acceptors (Lipinski definition) is 7. The standard InChI is InChI=1S/C8H14O7/c1-4(11)8(15,3-10)7(14)6(13)5(12)2-9/h3,5-7,9,12-15H,2H2,1H3/t5-,6-,7+,8-/m1/s1/i1D. The summed E-state index contributed by atoms with van der Waals surface area (Å²) in [7, 11) is 0. The molecule has 5 N–H and O–H groups in total. The molecule has 0 aromatic carbocycles. The Morgan fingerprint density at radius 2 is 2.07 bits per heavy atom. The van der Waals surface area contributed by atoms with Gasteiger partial charge >= 0.3 is 0 Å². The van der Waals surface area contributed by atoms with Crippen molar-refractivity contribution in [3.05, 3.63) is 0 Å². The van der Waals surface area contributed by atoms with Gasteiger partial charge in [0.25, 0.3) is 0 Å². The number of ketones is 1. The van der Waals surface area contributed by atoms with E-state index >= 15 is 0 Å². The molecule has 0 spiro atoms. The van der Waals surface area contributed by atoms with Crippen molar-refractivity contribution in [2.75, 3.05) is 6.61 Å². The van der Waals surface area contributed by atoms with Crippen molar-refractivity contribution in [2.45, 2.75) is 30.8 Å². The summed E-state index contributed by atoms with van der Waals surface area (Å²) < 4.78 is 6.68. The van der Waals surface area contributed by atoms with Crippen molar-refractivity contribution >= 4 is 12.1 Å². The molecule has 0 saturated heterocycles. The molecule has 0 heterocycles. The molecule has 0 aromatic heterocycles. The van der Waals surface area contributed by atoms with Gasteiger partial charge in [-0.1, -0.05) is 0 Å². The monoisotopic (exact) mass is 223 g/mol. The Morgan fingerprint density at radius 3 is 2.40 bits per heavy atom. The van der Waals surface area contributed by atoms with Crippen LogP contribution < -0.4 is 0 Å². The van der Waals surface area contributed by atoms with Gasteiger partial charge in [-0.05, 0) is 6.90 Å². The summed E-state index contributed by atoms with van der Waals surface area (Å²) >= 11 is 0. The zero-order chi connectivity index (χ0) is 12.9. The van der Waals surface area contributed by atoms with Crippen molar-refractivity contribution < 1.29 is 36.5 Å². The molecule has 0 amide bonds. The summed E-state index contributed by atoms with van der Waals surface area (Å²) in [6.45, 7) is -1.91. The lowest BCUT2D eigenvalue weighted by Crippen LogP contribution is -2.58. The van der Waals surface area contributed by atoms with Crippen LogP contribution in [0.4, 0.5) is 0 Å². The molecular weight excluding hydrogens is 208 g/mol. The predicted molar refractivity (Wildman–Crippen MR) is 46.8 cm³/mol. The van der Waals surface area contributed by atoms with Gasteiger partial charge in [0.2, 0.25) is 5.60 Å². The Morgan fingerprint density at radius 1 is 1.53 bits per heavy atom. The fourth-order valence-corrected chi connectivity index (χ4v) is 0.879. The number of hydrogen-bond donors (Lipinski definition) is 5. The Kier molecular flexibility index (Phi) is 4.30. The van der Waals surface area contributed by atoms with Crippen LogP contribution in [0.2, 0.25) is 0 Å². The van der Waals surface area contributed by atoms with Crippen LogP contribution in [0.5, 0.6) is 0 Å². The van der Waals surface area contributed by atoms with Crippen LogP contribution in [0.1, 0.15) is 8.27 Å². The molecule has 0 aliphatic rings. The summed E-state index contributed by atoms with van der Waals surface area (Å²) in [4.78, 5) is 21.6. The van der Waals surface area contributed by atoms with E-state index in [0.29, 0.717) is 0 Å². The van der Waals surface area contributed by atoms with Crippen LogP contribution in [0.15, 0.2) is 0 Å². The zero-order valence-corrected chi connectivity index (χ0v) is 7.78. The van der Waals surface area contributed by atoms with E-state index in [9.17, 15) is 24.9 Å². The van der Waals surface area contributed by atoms with E-state index in [-0.39, 0.29) is 6.29 Å². The fourth-order valence-electron chi connectivity index (χ4n) is 0.879. The predicted octanol–water partition coefficient (Wildman–Crippen LogP) is -3.42. The van der Waals surface area contributed by atoms with E-state index in [1.54, 1.807) is 0 Å². The first-order chi connectivity index (χ1) is 7.34. The topological polar surface area (TPSA) is 135 Å². The van der Waals surface area contributed by atoms with Crippen molar-refractivity contribution in [3.63, 3.8) is 0 Å². The molecule has 0 fully saturated rings. The van der Waals surface area contributed by atoms with Gasteiger partial charge in [0, 0.05) is 1.37 Å². The van der Waals surface area contributed by atoms with Crippen molar-refractivity contribution in [2.24, 2.45) is 0 Å². The smallest absolute Gasteiger partial charge is 0.206 e. The highest BCUT2D eigenvalue weighted by atomic mass is 16.4. The second-order valence-electron chi connectivity index (χ2n) is 3.05. The number of carbonyl (C=O) groups excluding carboxylic acids is 2. The Bertz CT molecular complexity index is 259. The van der Waals surface area contributed by atoms with Gasteiger partial charge in [-0.15, -0.1) is 0 Å². The molecule has 0 aromatic rings. The van der Waals surface area contributed by atoms with Gasteiger partial charge in [0.05, 0.1) is 6.61 Å². The highest BCUT2D eigenvalue weighted by Gasteiger charge is 2.46. The van der Waals surface area contributed by atoms with Gasteiger partial charge in [-0.25, -0.2) is 0 Å². The van der Waals surface area contributed by atoms with Crippen molar-refractivity contribution in [3.8, 4) is 0 Å². The molecule has 15 heavy (non-hydrogen) atoms. The first-order valence-corrected chi connectivity index (χ1v) is 4.01. The van der Waals surface area contributed by atoms with Gasteiger partial charge in [0.15, 0.2) is 12.1 Å². The third kappa shape index (κ3) is 2.80. The quantitative estimate of drug-likeness (QED) is 0.234. The molecule has 0 aliphatic heterocycles. The van der Waals surface area contributed by atoms with E-state index in [0.717, 1.165) is 0 Å². The van der Waals surface area contributed by atoms with Crippen molar-refractivity contribution in [1.29, 1.82) is 0 Å². The lowest BCUT2D eigenvalue weighted by Gasteiger charge is -2.30. The first kappa shape index (κ1) is 12.2. The van der Waals surface area contributed by atoms with Gasteiger partial charge in [0.1, 0.15) is 18.3 Å². The lowest BCUT2D eigenvalue weighted by atomic mass is 9.88. The molecule has 88 valence electrons. The highest BCUT2D eigenvalue weighted by Crippen LogP contribution is 2.15. The molecule has 0 unspecified atom stereocenters. The highest BCUT2D eigenvalue weighted by molar-refractivity contribution is 6.00. The summed E-state index contributed by atoms with van der Waals surface area (Å²) in [6, 6.07) is 0. The number of aldehydes is 1. The van der Waals surface area contributed by atoms with Crippen LogP contribution in [0.25, 0.3) is 0 Å². The summed E-state index contributed by atoms with van der Waals surface area (Å²) in [6.07, 6.45) is -6.54. The number of aliphatic hydroxyl groups excluding tert-OH is 4. The molecule has 7 nitrogen and oxygen atoms in total. The lowest BCUT2D eigenvalue weighted by molar-refractivity contribution is -0.173. The van der Waals surface area contributed by atoms with Crippen LogP contribution in [-0.2, 0) is 9.59 Å². The van der Waals surface area contributed by atoms with E-state index in [1.807, 2.05) is 0 Å². The van der Waals surface area contributed by atoms with Gasteiger partial charge in [-0.3, -0.25) is 9.59 Å². The zero-order valence-electron chi connectivity index (χ0n) is 8.78. The summed E-state index contributed by atoms with van der Waals surface area (Å²) in [5.41, 5.74) is -2.96. The number of rotatable bonds is 6. The fraction of sp³-hybridized carbons (Fsp3) is 0.750. The molecule has 4 atom stereocenters. The maximum atomic E-state index is 11.0. The SMILES string of the molecule is [2H]CC(=O)[C@](O)(C=O)[C@@H](O)[C@H](O)[C@H](O)CO. The number of Topliss-reactive ketones (excluding diaryl/α,β-unsaturated/α-hetero) is 1. The van der Waals surface area contributed by atoms with E-state index in [1.165, 1.54) is 0 Å². The van der Waals surface area contributed by atoms with Crippen molar-refractivity contribution in [1.82, 2.24) is 0 Å². The second-order valence-corrected chi connectivity index (χ2v) is 3.05. The molecule has 0 saturated carbocycles. The second kappa shape index (κ2) is 5.29. The molecular formula is C8H14O7. The first-order valence-electron chi connectivity index (χ1n) is 4.72. The maximum Gasteiger partial charge on any atom is 0.206 e. The molecule has 7 heteroatoms. The largest absolute Gasteiger partial charge is 0.394 e. The Balaban J connectivity index is 4.96. The summed E-state index contributed by atoms with van der Waals surface area (Å²) in [5.74, 6) is -1.32. The average molecular weight is 223 g/mol. The van der Waals surface area contributed by atoms with Crippen LogP contribution >= 0.6 is 0 Å².